The van der Waals surface area contributed by atoms with Gasteiger partial charge in [0.2, 0.25) is 0 Å². The van der Waals surface area contributed by atoms with Crippen LogP contribution in [0.5, 0.6) is 0 Å². The number of pyridine rings is 1. The molecule has 0 atom stereocenters. The maximum absolute atomic E-state index is 13.0. The van der Waals surface area contributed by atoms with Gasteiger partial charge in [-0.1, -0.05) is 0 Å². The Bertz CT molecular complexity index is 767. The highest BCUT2D eigenvalue weighted by Gasteiger charge is 2.26. The largest absolute Gasteiger partial charge is 0.357 e. The standard InChI is InChI=1S/C20H22FN3O2/c1-2-22-20(26)16-5-8-18(23-13-16)24-11-9-15(10-12-24)19(25)14-3-6-17(21)7-4-14/h3-8,13,15H,2,9-12H2,1H3,(H,22,26). The van der Waals surface area contributed by atoms with E-state index in [9.17, 15) is 14.0 Å². The summed E-state index contributed by atoms with van der Waals surface area (Å²) in [4.78, 5) is 30.8. The molecular formula is C20H22FN3O2. The summed E-state index contributed by atoms with van der Waals surface area (Å²) in [6, 6.07) is 9.35. The molecule has 26 heavy (non-hydrogen) atoms. The molecule has 2 aromatic rings. The number of anilines is 1. The summed E-state index contributed by atoms with van der Waals surface area (Å²) in [5.41, 5.74) is 1.10. The van der Waals surface area contributed by atoms with Crippen molar-refractivity contribution in [2.45, 2.75) is 19.8 Å². The topological polar surface area (TPSA) is 62.3 Å². The Kier molecular flexibility index (Phi) is 5.61. The predicted octanol–water partition coefficient (Wildman–Crippen LogP) is 3.07. The Hall–Kier alpha value is -2.76. The van der Waals surface area contributed by atoms with E-state index in [1.165, 1.54) is 12.1 Å². The molecule has 6 heteroatoms. The number of Topliss-reactive ketones (excluding diaryl/α,β-unsaturated/α-hetero) is 1. The number of halogens is 1. The molecule has 0 unspecified atom stereocenters. The Morgan fingerprint density at radius 2 is 1.77 bits per heavy atom. The van der Waals surface area contributed by atoms with Crippen LogP contribution in [0.25, 0.3) is 0 Å². The third-order valence-corrected chi connectivity index (χ3v) is 4.67. The molecular weight excluding hydrogens is 333 g/mol. The highest BCUT2D eigenvalue weighted by atomic mass is 19.1. The van der Waals surface area contributed by atoms with Crippen molar-refractivity contribution in [3.05, 3.63) is 59.5 Å². The van der Waals surface area contributed by atoms with Gasteiger partial charge in [-0.3, -0.25) is 9.59 Å². The van der Waals surface area contributed by atoms with Crippen LogP contribution in [-0.2, 0) is 0 Å². The van der Waals surface area contributed by atoms with Crippen LogP contribution < -0.4 is 10.2 Å². The van der Waals surface area contributed by atoms with E-state index in [1.54, 1.807) is 24.4 Å². The quantitative estimate of drug-likeness (QED) is 0.838. The number of hydrogen-bond acceptors (Lipinski definition) is 4. The molecule has 1 aromatic carbocycles. The lowest BCUT2D eigenvalue weighted by molar-refractivity contribution is 0.0899. The van der Waals surface area contributed by atoms with E-state index in [-0.39, 0.29) is 23.4 Å². The van der Waals surface area contributed by atoms with E-state index in [4.69, 9.17) is 0 Å². The zero-order chi connectivity index (χ0) is 18.5. The maximum Gasteiger partial charge on any atom is 0.252 e. The third kappa shape index (κ3) is 4.07. The van der Waals surface area contributed by atoms with Crippen LogP contribution >= 0.6 is 0 Å². The molecule has 0 saturated carbocycles. The van der Waals surface area contributed by atoms with Gasteiger partial charge in [0.15, 0.2) is 5.78 Å². The van der Waals surface area contributed by atoms with Crippen molar-refractivity contribution in [1.29, 1.82) is 0 Å². The Balaban J connectivity index is 1.59. The minimum absolute atomic E-state index is 0.0497. The predicted molar refractivity (Wildman–Crippen MR) is 97.9 cm³/mol. The lowest BCUT2D eigenvalue weighted by Crippen LogP contribution is -2.37. The Labute approximate surface area is 152 Å². The first-order valence-corrected chi connectivity index (χ1v) is 8.87. The summed E-state index contributed by atoms with van der Waals surface area (Å²) in [6.07, 6.45) is 3.04. The minimum atomic E-state index is -0.335. The van der Waals surface area contributed by atoms with Gasteiger partial charge in [-0.15, -0.1) is 0 Å². The summed E-state index contributed by atoms with van der Waals surface area (Å²) in [5.74, 6) is 0.370. The first-order valence-electron chi connectivity index (χ1n) is 8.87. The number of nitrogens with one attached hydrogen (secondary N) is 1. The number of carbonyl (C=O) groups excluding carboxylic acids is 2. The molecule has 5 nitrogen and oxygen atoms in total. The molecule has 1 saturated heterocycles. The summed E-state index contributed by atoms with van der Waals surface area (Å²) in [5, 5.41) is 2.74. The molecule has 2 heterocycles. The van der Waals surface area contributed by atoms with Crippen LogP contribution in [0.2, 0.25) is 0 Å². The SMILES string of the molecule is CCNC(=O)c1ccc(N2CCC(C(=O)c3ccc(F)cc3)CC2)nc1. The molecule has 0 aliphatic carbocycles. The zero-order valence-electron chi connectivity index (χ0n) is 14.7. The highest BCUT2D eigenvalue weighted by molar-refractivity contribution is 5.98. The van der Waals surface area contributed by atoms with Gasteiger partial charge in [0.05, 0.1) is 5.56 Å². The molecule has 0 spiro atoms. The normalized spacial score (nSPS) is 14.9. The van der Waals surface area contributed by atoms with Gasteiger partial charge < -0.3 is 10.2 Å². The van der Waals surface area contributed by atoms with Crippen LogP contribution in [0.4, 0.5) is 10.2 Å². The van der Waals surface area contributed by atoms with E-state index >= 15 is 0 Å². The molecule has 1 N–H and O–H groups in total. The average Bonchev–Trinajstić information content (AvgIpc) is 2.68. The smallest absolute Gasteiger partial charge is 0.252 e. The van der Waals surface area contributed by atoms with Crippen molar-refractivity contribution in [2.24, 2.45) is 5.92 Å². The van der Waals surface area contributed by atoms with E-state index in [0.29, 0.717) is 17.7 Å². The molecule has 1 aliphatic heterocycles. The lowest BCUT2D eigenvalue weighted by Gasteiger charge is -2.32. The van der Waals surface area contributed by atoms with Crippen LogP contribution in [0.15, 0.2) is 42.6 Å². The van der Waals surface area contributed by atoms with Gasteiger partial charge in [-0.05, 0) is 56.2 Å². The van der Waals surface area contributed by atoms with E-state index in [0.717, 1.165) is 31.7 Å². The number of ketones is 1. The van der Waals surface area contributed by atoms with Crippen LogP contribution in [0, 0.1) is 11.7 Å². The van der Waals surface area contributed by atoms with Gasteiger partial charge in [-0.2, -0.15) is 0 Å². The fourth-order valence-corrected chi connectivity index (χ4v) is 3.19. The van der Waals surface area contributed by atoms with Crippen LogP contribution in [0.1, 0.15) is 40.5 Å². The number of amides is 1. The first kappa shape index (κ1) is 18.0. The maximum atomic E-state index is 13.0. The van der Waals surface area contributed by atoms with Gasteiger partial charge in [0.1, 0.15) is 11.6 Å². The number of benzene rings is 1. The molecule has 0 radical (unpaired) electrons. The van der Waals surface area contributed by atoms with Crippen LogP contribution in [0.3, 0.4) is 0 Å². The Morgan fingerprint density at radius 1 is 1.12 bits per heavy atom. The fourth-order valence-electron chi connectivity index (χ4n) is 3.19. The number of nitrogens with zero attached hydrogens (tertiary/aromatic N) is 2. The molecule has 0 bridgehead atoms. The molecule has 3 rings (SSSR count). The molecule has 1 aliphatic rings. The second kappa shape index (κ2) is 8.08. The van der Waals surface area contributed by atoms with Crippen molar-refractivity contribution in [3.63, 3.8) is 0 Å². The van der Waals surface area contributed by atoms with Crippen molar-refractivity contribution in [2.75, 3.05) is 24.5 Å². The second-order valence-electron chi connectivity index (χ2n) is 6.40. The Morgan fingerprint density at radius 3 is 2.35 bits per heavy atom. The monoisotopic (exact) mass is 355 g/mol. The molecule has 136 valence electrons. The van der Waals surface area contributed by atoms with Crippen molar-refractivity contribution in [1.82, 2.24) is 10.3 Å². The molecule has 1 amide bonds. The number of rotatable bonds is 5. The molecule has 1 fully saturated rings. The fraction of sp³-hybridized carbons (Fsp3) is 0.350. The lowest BCUT2D eigenvalue weighted by atomic mass is 9.89. The molecule has 1 aromatic heterocycles. The second-order valence-corrected chi connectivity index (χ2v) is 6.40. The number of piperidine rings is 1. The van der Waals surface area contributed by atoms with E-state index < -0.39 is 0 Å². The number of carbonyl (C=O) groups is 2. The first-order chi connectivity index (χ1) is 12.6. The summed E-state index contributed by atoms with van der Waals surface area (Å²) in [7, 11) is 0. The van der Waals surface area contributed by atoms with Crippen LogP contribution in [-0.4, -0.2) is 36.3 Å². The zero-order valence-corrected chi connectivity index (χ0v) is 14.7. The number of hydrogen-bond donors (Lipinski definition) is 1. The summed E-state index contributed by atoms with van der Waals surface area (Å²) < 4.78 is 13.0. The van der Waals surface area contributed by atoms with Gasteiger partial charge in [0, 0.05) is 37.3 Å². The summed E-state index contributed by atoms with van der Waals surface area (Å²) >= 11 is 0. The van der Waals surface area contributed by atoms with Gasteiger partial charge in [0.25, 0.3) is 5.91 Å². The van der Waals surface area contributed by atoms with Gasteiger partial charge in [-0.25, -0.2) is 9.37 Å². The van der Waals surface area contributed by atoms with Gasteiger partial charge >= 0.3 is 0 Å². The summed E-state index contributed by atoms with van der Waals surface area (Å²) in [6.45, 7) is 3.91. The van der Waals surface area contributed by atoms with Crippen molar-refractivity contribution in [3.8, 4) is 0 Å². The van der Waals surface area contributed by atoms with E-state index in [2.05, 4.69) is 15.2 Å². The van der Waals surface area contributed by atoms with Crippen molar-refractivity contribution >= 4 is 17.5 Å². The highest BCUT2D eigenvalue weighted by Crippen LogP contribution is 2.25. The van der Waals surface area contributed by atoms with E-state index in [1.807, 2.05) is 13.0 Å². The van der Waals surface area contributed by atoms with Crippen molar-refractivity contribution < 1.29 is 14.0 Å². The number of aromatic nitrogens is 1. The third-order valence-electron chi connectivity index (χ3n) is 4.67. The average molecular weight is 355 g/mol. The minimum Gasteiger partial charge on any atom is -0.357 e.